The molecular formula is C40H38N6O7. The summed E-state index contributed by atoms with van der Waals surface area (Å²) >= 11 is 0. The largest absolute Gasteiger partial charge is 0.462 e. The second kappa shape index (κ2) is 16.5. The fraction of sp³-hybridized carbons (Fsp3) is 0.225. The highest BCUT2D eigenvalue weighted by Crippen LogP contribution is 2.40. The molecular weight excluding hydrogens is 676 g/mol. The van der Waals surface area contributed by atoms with Crippen LogP contribution in [0.2, 0.25) is 0 Å². The number of carbonyl (C=O) groups is 4. The number of rotatable bonds is 13. The number of nitriles is 1. The smallest absolute Gasteiger partial charge is 0.411 e. The first kappa shape index (κ1) is 36.0. The van der Waals surface area contributed by atoms with Crippen molar-refractivity contribution in [1.29, 1.82) is 5.26 Å². The number of urea groups is 2. The predicted molar refractivity (Wildman–Crippen MR) is 200 cm³/mol. The molecule has 53 heavy (non-hydrogen) atoms. The number of amides is 5. The number of esters is 1. The number of benzene rings is 4. The normalized spacial score (nSPS) is 11.4. The number of hydrogen-bond acceptors (Lipinski definition) is 8. The molecule has 270 valence electrons. The van der Waals surface area contributed by atoms with Gasteiger partial charge in [0.05, 0.1) is 13.2 Å². The summed E-state index contributed by atoms with van der Waals surface area (Å²) in [5.41, 5.74) is 10.7. The van der Waals surface area contributed by atoms with Gasteiger partial charge in [-0.3, -0.25) is 5.32 Å². The predicted octanol–water partition coefficient (Wildman–Crippen LogP) is 7.08. The van der Waals surface area contributed by atoms with Crippen molar-refractivity contribution in [3.05, 3.63) is 107 Å². The zero-order valence-corrected chi connectivity index (χ0v) is 29.1. The van der Waals surface area contributed by atoms with Crippen LogP contribution in [0.5, 0.6) is 5.75 Å². The molecule has 5 N–H and O–H groups in total. The first-order valence-electron chi connectivity index (χ1n) is 17.1. The average Bonchev–Trinajstić information content (AvgIpc) is 3.67. The van der Waals surface area contributed by atoms with Gasteiger partial charge >= 0.3 is 24.1 Å². The zero-order valence-electron chi connectivity index (χ0n) is 29.1. The summed E-state index contributed by atoms with van der Waals surface area (Å²) < 4.78 is 15.3. The highest BCUT2D eigenvalue weighted by atomic mass is 16.5. The van der Waals surface area contributed by atoms with E-state index in [-0.39, 0.29) is 25.3 Å². The van der Waals surface area contributed by atoms with Crippen LogP contribution in [-0.4, -0.2) is 50.4 Å². The van der Waals surface area contributed by atoms with Crippen molar-refractivity contribution >= 4 is 41.2 Å². The van der Waals surface area contributed by atoms with E-state index in [9.17, 15) is 19.2 Å². The Labute approximate surface area is 306 Å². The molecule has 2 aliphatic rings. The Bertz CT molecular complexity index is 2140. The maximum atomic E-state index is 12.6. The van der Waals surface area contributed by atoms with E-state index in [2.05, 4.69) is 33.2 Å². The van der Waals surface area contributed by atoms with Crippen LogP contribution >= 0.6 is 0 Å². The van der Waals surface area contributed by atoms with Gasteiger partial charge < -0.3 is 35.5 Å². The van der Waals surface area contributed by atoms with E-state index in [4.69, 9.17) is 19.5 Å². The minimum Gasteiger partial charge on any atom is -0.462 e. The number of hydrogen-bond donors (Lipinski definition) is 5. The molecule has 0 saturated carbocycles. The molecule has 0 heterocycles. The number of carbonyl (C=O) groups excluding carboxylic acids is 4. The first-order valence-corrected chi connectivity index (χ1v) is 17.1. The van der Waals surface area contributed by atoms with Crippen LogP contribution < -0.4 is 31.3 Å². The third-order valence-corrected chi connectivity index (χ3v) is 8.69. The van der Waals surface area contributed by atoms with E-state index in [0.717, 1.165) is 44.5 Å². The van der Waals surface area contributed by atoms with Gasteiger partial charge in [-0.1, -0.05) is 30.8 Å². The molecule has 0 fully saturated rings. The monoisotopic (exact) mass is 714 g/mol. The lowest BCUT2D eigenvalue weighted by atomic mass is 10.1. The van der Waals surface area contributed by atoms with Gasteiger partial charge in [0, 0.05) is 35.7 Å². The molecule has 0 aromatic heterocycles. The quantitative estimate of drug-likeness (QED) is 0.0364. The van der Waals surface area contributed by atoms with Gasteiger partial charge in [-0.2, -0.15) is 0 Å². The summed E-state index contributed by atoms with van der Waals surface area (Å²) in [5.74, 6) is 0.0421. The molecule has 4 aromatic carbocycles. The molecule has 0 aliphatic heterocycles. The van der Waals surface area contributed by atoms with Gasteiger partial charge in [-0.05, 0) is 126 Å². The van der Waals surface area contributed by atoms with Crippen LogP contribution in [0.25, 0.3) is 22.3 Å². The lowest BCUT2D eigenvalue weighted by Gasteiger charge is -2.11. The summed E-state index contributed by atoms with van der Waals surface area (Å²) in [6.45, 7) is 6.06. The summed E-state index contributed by atoms with van der Waals surface area (Å²) in [6.07, 6.45) is 3.31. The van der Waals surface area contributed by atoms with E-state index in [1.165, 1.54) is 0 Å². The number of fused-ring (bicyclic) bond motifs is 6. The van der Waals surface area contributed by atoms with E-state index >= 15 is 0 Å². The molecule has 0 unspecified atom stereocenters. The Morgan fingerprint density at radius 1 is 0.660 bits per heavy atom. The Kier molecular flexibility index (Phi) is 11.2. The molecule has 4 aromatic rings. The van der Waals surface area contributed by atoms with Crippen LogP contribution in [0.15, 0.2) is 84.9 Å². The molecule has 6 rings (SSSR count). The Balaban J connectivity index is 0.882. The van der Waals surface area contributed by atoms with Crippen LogP contribution in [0.1, 0.15) is 42.0 Å². The molecule has 0 radical (unpaired) electrons. The third-order valence-electron chi connectivity index (χ3n) is 8.69. The summed E-state index contributed by atoms with van der Waals surface area (Å²) in [7, 11) is 0. The zero-order chi connectivity index (χ0) is 37.3. The van der Waals surface area contributed by atoms with Gasteiger partial charge in [-0.25, -0.2) is 19.2 Å². The molecule has 0 spiro atoms. The molecule has 13 nitrogen and oxygen atoms in total. The number of nitrogens with zero attached hydrogens (tertiary/aromatic N) is 1. The molecule has 5 amide bonds. The molecule has 0 saturated heterocycles. The highest BCUT2D eigenvalue weighted by molar-refractivity contribution is 5.92. The van der Waals surface area contributed by atoms with Gasteiger partial charge in [0.15, 0.2) is 0 Å². The van der Waals surface area contributed by atoms with Gasteiger partial charge in [0.25, 0.3) is 6.26 Å². The second-order valence-electron chi connectivity index (χ2n) is 12.6. The van der Waals surface area contributed by atoms with Crippen molar-refractivity contribution in [2.75, 3.05) is 42.3 Å². The SMILES string of the molecule is C=C(C)C(=O)OCCCNC(=O)Nc1ccc2c(c1)Cc1cc(NC(=O)NCCCOC(=O)Nc3ccc4c(c3)Cc3cc(OC#N)ccc3-4)ccc1-2. The fourth-order valence-corrected chi connectivity index (χ4v) is 6.25. The molecule has 13 heteroatoms. The van der Waals surface area contributed by atoms with Crippen molar-refractivity contribution in [2.24, 2.45) is 0 Å². The number of nitrogens with one attached hydrogen (secondary N) is 5. The second-order valence-corrected chi connectivity index (χ2v) is 12.6. The van der Waals surface area contributed by atoms with E-state index < -0.39 is 12.1 Å². The fourth-order valence-electron chi connectivity index (χ4n) is 6.25. The van der Waals surface area contributed by atoms with Crippen molar-refractivity contribution in [3.63, 3.8) is 0 Å². The topological polar surface area (TPSA) is 180 Å². The average molecular weight is 715 g/mol. The van der Waals surface area contributed by atoms with Crippen LogP contribution in [0.3, 0.4) is 0 Å². The number of ether oxygens (including phenoxy) is 3. The van der Waals surface area contributed by atoms with Crippen molar-refractivity contribution in [3.8, 4) is 34.3 Å². The Morgan fingerprint density at radius 3 is 1.60 bits per heavy atom. The standard InChI is InChI=1S/C40H38N6O7/c1-24(2)37(47)51-15-3-13-42-38(48)44-29-5-9-33-25(19-29)17-26-20-30(6-10-34(26)33)45-39(49)43-14-4-16-52-40(50)46-31-7-11-35-27(21-31)18-28-22-32(53-23-41)8-12-36(28)35/h5-12,19-22H,1,3-4,13-18H2,2H3,(H,46,50)(H2,42,44,48)(H2,43,45,49). The van der Waals surface area contributed by atoms with Crippen molar-refractivity contribution in [1.82, 2.24) is 10.6 Å². The van der Waals surface area contributed by atoms with Crippen LogP contribution in [0, 0.1) is 11.5 Å². The third kappa shape index (κ3) is 9.11. The summed E-state index contributed by atoms with van der Waals surface area (Å²) in [6, 6.07) is 21.9. The minimum absolute atomic E-state index is 0.118. The Hall–Kier alpha value is -6.81. The molecule has 2 aliphatic carbocycles. The van der Waals surface area contributed by atoms with Crippen molar-refractivity contribution in [2.45, 2.75) is 32.6 Å². The van der Waals surface area contributed by atoms with Crippen LogP contribution in [-0.2, 0) is 27.1 Å². The van der Waals surface area contributed by atoms with E-state index in [1.807, 2.05) is 66.7 Å². The van der Waals surface area contributed by atoms with Crippen LogP contribution in [0.4, 0.5) is 31.4 Å². The van der Waals surface area contributed by atoms with Crippen molar-refractivity contribution < 1.29 is 33.4 Å². The van der Waals surface area contributed by atoms with Gasteiger partial charge in [0.2, 0.25) is 0 Å². The highest BCUT2D eigenvalue weighted by Gasteiger charge is 2.21. The molecule has 0 bridgehead atoms. The summed E-state index contributed by atoms with van der Waals surface area (Å²) in [5, 5.41) is 22.8. The molecule has 0 atom stereocenters. The number of anilines is 3. The Morgan fingerprint density at radius 2 is 1.11 bits per heavy atom. The van der Waals surface area contributed by atoms with E-state index in [0.29, 0.717) is 67.2 Å². The maximum Gasteiger partial charge on any atom is 0.411 e. The summed E-state index contributed by atoms with van der Waals surface area (Å²) in [4.78, 5) is 48.8. The van der Waals surface area contributed by atoms with E-state index in [1.54, 1.807) is 19.2 Å². The first-order chi connectivity index (χ1) is 25.7. The lowest BCUT2D eigenvalue weighted by molar-refractivity contribution is -0.138. The lowest BCUT2D eigenvalue weighted by Crippen LogP contribution is -2.30. The van der Waals surface area contributed by atoms with Gasteiger partial charge in [-0.15, -0.1) is 5.26 Å². The minimum atomic E-state index is -0.587. The maximum absolute atomic E-state index is 12.6. The van der Waals surface area contributed by atoms with Gasteiger partial charge in [0.1, 0.15) is 5.75 Å².